The molecule has 6 nitrogen and oxygen atoms in total. The first-order chi connectivity index (χ1) is 12.0. The molecule has 1 fully saturated rings. The smallest absolute Gasteiger partial charge is 0.238 e. The van der Waals surface area contributed by atoms with Gasteiger partial charge in [-0.1, -0.05) is 25.4 Å². The number of nitrogens with one attached hydrogen (secondary N) is 3. The Morgan fingerprint density at radius 3 is 2.92 bits per heavy atom. The van der Waals surface area contributed by atoms with Gasteiger partial charge in [-0.25, -0.2) is 5.43 Å². The first-order valence-electron chi connectivity index (χ1n) is 8.89. The number of benzene rings is 1. The van der Waals surface area contributed by atoms with Gasteiger partial charge in [0.1, 0.15) is 6.04 Å². The predicted molar refractivity (Wildman–Crippen MR) is 96.8 cm³/mol. The molecule has 2 aliphatic rings. The Labute approximate surface area is 153 Å². The van der Waals surface area contributed by atoms with Gasteiger partial charge in [0, 0.05) is 19.0 Å². The third-order valence-corrected chi connectivity index (χ3v) is 4.66. The van der Waals surface area contributed by atoms with Crippen LogP contribution >= 0.6 is 11.6 Å². The van der Waals surface area contributed by atoms with Crippen molar-refractivity contribution in [2.24, 2.45) is 5.92 Å². The van der Waals surface area contributed by atoms with Crippen molar-refractivity contribution in [3.63, 3.8) is 0 Å². The fraction of sp³-hybridized carbons (Fsp3) is 0.611. The molecule has 7 heteroatoms. The lowest BCUT2D eigenvalue weighted by molar-refractivity contribution is -0.123. The van der Waals surface area contributed by atoms with Crippen LogP contribution in [0.4, 0.5) is 0 Å². The summed E-state index contributed by atoms with van der Waals surface area (Å²) in [6.07, 6.45) is 2.68. The van der Waals surface area contributed by atoms with Gasteiger partial charge in [-0.2, -0.15) is 0 Å². The van der Waals surface area contributed by atoms with Gasteiger partial charge < -0.3 is 14.8 Å². The van der Waals surface area contributed by atoms with Crippen LogP contribution in [0.25, 0.3) is 0 Å². The lowest BCUT2D eigenvalue weighted by Crippen LogP contribution is -2.43. The van der Waals surface area contributed by atoms with E-state index in [0.29, 0.717) is 48.2 Å². The highest BCUT2D eigenvalue weighted by Gasteiger charge is 2.29. The summed E-state index contributed by atoms with van der Waals surface area (Å²) in [5.41, 5.74) is 7.19. The van der Waals surface area contributed by atoms with Crippen LogP contribution in [0.3, 0.4) is 0 Å². The van der Waals surface area contributed by atoms with Gasteiger partial charge in [0.05, 0.1) is 18.2 Å². The third kappa shape index (κ3) is 4.77. The predicted octanol–water partition coefficient (Wildman–Crippen LogP) is 2.40. The highest BCUT2D eigenvalue weighted by Crippen LogP contribution is 2.37. The van der Waals surface area contributed by atoms with Crippen LogP contribution < -0.4 is 25.6 Å². The van der Waals surface area contributed by atoms with Crippen LogP contribution in [0.5, 0.6) is 11.5 Å². The van der Waals surface area contributed by atoms with Crippen LogP contribution in [0.15, 0.2) is 12.1 Å². The van der Waals surface area contributed by atoms with Gasteiger partial charge in [0.15, 0.2) is 11.5 Å². The van der Waals surface area contributed by atoms with Gasteiger partial charge >= 0.3 is 0 Å². The Hall–Kier alpha value is -1.50. The lowest BCUT2D eigenvalue weighted by atomic mass is 10.00. The summed E-state index contributed by atoms with van der Waals surface area (Å²) in [5.74, 6) is 1.83. The number of rotatable bonds is 5. The molecule has 2 atom stereocenters. The summed E-state index contributed by atoms with van der Waals surface area (Å²) < 4.78 is 11.3. The number of halogens is 1. The molecule has 3 N–H and O–H groups in total. The van der Waals surface area contributed by atoms with Crippen molar-refractivity contribution in [1.82, 2.24) is 16.2 Å². The average molecular weight is 368 g/mol. The van der Waals surface area contributed by atoms with E-state index < -0.39 is 0 Å². The molecule has 2 heterocycles. The number of hydrogen-bond acceptors (Lipinski definition) is 5. The maximum absolute atomic E-state index is 12.4. The molecule has 0 spiro atoms. The van der Waals surface area contributed by atoms with Gasteiger partial charge in [-0.05, 0) is 36.5 Å². The molecule has 0 saturated carbocycles. The standard InChI is InChI=1S/C18H26ClN3O3/c1-11(2)6-13-9-15(22-21-13)18(23)20-10-12-7-14(19)17-16(8-12)24-4-3-5-25-17/h7-8,11,13,15,21-22H,3-6,9-10H2,1-2H3,(H,20,23). The Morgan fingerprint density at radius 1 is 1.32 bits per heavy atom. The highest BCUT2D eigenvalue weighted by atomic mass is 35.5. The quantitative estimate of drug-likeness (QED) is 0.745. The fourth-order valence-corrected chi connectivity index (χ4v) is 3.50. The molecule has 2 aliphatic heterocycles. The monoisotopic (exact) mass is 367 g/mol. The molecule has 2 unspecified atom stereocenters. The first-order valence-corrected chi connectivity index (χ1v) is 9.27. The SMILES string of the molecule is CC(C)CC1CC(C(=O)NCc2cc(Cl)c3c(c2)OCCCO3)NN1. The van der Waals surface area contributed by atoms with E-state index in [-0.39, 0.29) is 11.9 Å². The molecule has 0 radical (unpaired) electrons. The van der Waals surface area contributed by atoms with Gasteiger partial charge in [-0.15, -0.1) is 0 Å². The normalized spacial score (nSPS) is 22.7. The number of carbonyl (C=O) groups is 1. The summed E-state index contributed by atoms with van der Waals surface area (Å²) in [4.78, 5) is 12.4. The highest BCUT2D eigenvalue weighted by molar-refractivity contribution is 6.32. The Balaban J connectivity index is 1.56. The Bertz CT molecular complexity index is 624. The van der Waals surface area contributed by atoms with E-state index in [1.165, 1.54) is 0 Å². The number of amides is 1. The second kappa shape index (κ2) is 8.25. The van der Waals surface area contributed by atoms with E-state index in [9.17, 15) is 4.79 Å². The molecule has 138 valence electrons. The zero-order valence-corrected chi connectivity index (χ0v) is 15.5. The van der Waals surface area contributed by atoms with Gasteiger partial charge in [0.25, 0.3) is 0 Å². The molecule has 1 aromatic rings. The van der Waals surface area contributed by atoms with E-state index in [2.05, 4.69) is 30.0 Å². The van der Waals surface area contributed by atoms with Gasteiger partial charge in [-0.3, -0.25) is 10.2 Å². The average Bonchev–Trinajstić information content (AvgIpc) is 2.88. The molecule has 1 saturated heterocycles. The van der Waals surface area contributed by atoms with E-state index in [1.54, 1.807) is 0 Å². The number of fused-ring (bicyclic) bond motifs is 1. The van der Waals surface area contributed by atoms with E-state index >= 15 is 0 Å². The maximum atomic E-state index is 12.4. The largest absolute Gasteiger partial charge is 0.489 e. The van der Waals surface area contributed by atoms with Crippen molar-refractivity contribution in [2.45, 2.75) is 51.7 Å². The minimum atomic E-state index is -0.209. The van der Waals surface area contributed by atoms with Crippen molar-refractivity contribution in [3.05, 3.63) is 22.7 Å². The van der Waals surface area contributed by atoms with Crippen molar-refractivity contribution in [2.75, 3.05) is 13.2 Å². The summed E-state index contributed by atoms with van der Waals surface area (Å²) in [6, 6.07) is 3.83. The summed E-state index contributed by atoms with van der Waals surface area (Å²) in [6.45, 7) is 5.98. The van der Waals surface area contributed by atoms with Crippen LogP contribution in [0, 0.1) is 5.92 Å². The molecule has 1 amide bonds. The lowest BCUT2D eigenvalue weighted by Gasteiger charge is -2.14. The van der Waals surface area contributed by atoms with E-state index in [4.69, 9.17) is 21.1 Å². The van der Waals surface area contributed by atoms with Crippen LogP contribution in [0.2, 0.25) is 5.02 Å². The van der Waals surface area contributed by atoms with E-state index in [1.807, 2.05) is 12.1 Å². The maximum Gasteiger partial charge on any atom is 0.238 e. The zero-order valence-electron chi connectivity index (χ0n) is 14.7. The van der Waals surface area contributed by atoms with Crippen molar-refractivity contribution < 1.29 is 14.3 Å². The fourth-order valence-electron chi connectivity index (χ4n) is 3.22. The molecule has 1 aromatic carbocycles. The molecule has 0 aliphatic carbocycles. The Kier molecular flexibility index (Phi) is 6.04. The number of ether oxygens (including phenoxy) is 2. The third-order valence-electron chi connectivity index (χ3n) is 4.38. The van der Waals surface area contributed by atoms with Crippen molar-refractivity contribution in [3.8, 4) is 11.5 Å². The zero-order chi connectivity index (χ0) is 17.8. The number of hydrogen-bond donors (Lipinski definition) is 3. The van der Waals surface area contributed by atoms with Crippen LogP contribution in [0.1, 0.15) is 38.7 Å². The minimum absolute atomic E-state index is 0.0120. The van der Waals surface area contributed by atoms with Crippen LogP contribution in [-0.2, 0) is 11.3 Å². The Morgan fingerprint density at radius 2 is 2.12 bits per heavy atom. The minimum Gasteiger partial charge on any atom is -0.489 e. The number of carbonyl (C=O) groups excluding carboxylic acids is 1. The summed E-state index contributed by atoms with van der Waals surface area (Å²) in [7, 11) is 0. The molecule has 0 bridgehead atoms. The molecule has 25 heavy (non-hydrogen) atoms. The molecular weight excluding hydrogens is 342 g/mol. The number of hydrazine groups is 1. The molecule has 0 aromatic heterocycles. The van der Waals surface area contributed by atoms with E-state index in [0.717, 1.165) is 24.8 Å². The molecule has 3 rings (SSSR count). The summed E-state index contributed by atoms with van der Waals surface area (Å²) in [5, 5.41) is 3.48. The van der Waals surface area contributed by atoms with Crippen molar-refractivity contribution in [1.29, 1.82) is 0 Å². The first kappa shape index (κ1) is 18.3. The second-order valence-corrected chi connectivity index (χ2v) is 7.48. The molecular formula is C18H26ClN3O3. The topological polar surface area (TPSA) is 71.6 Å². The van der Waals surface area contributed by atoms with Crippen LogP contribution in [-0.4, -0.2) is 31.2 Å². The second-order valence-electron chi connectivity index (χ2n) is 7.08. The summed E-state index contributed by atoms with van der Waals surface area (Å²) >= 11 is 6.29. The van der Waals surface area contributed by atoms with Crippen molar-refractivity contribution >= 4 is 17.5 Å². The van der Waals surface area contributed by atoms with Gasteiger partial charge in [0.2, 0.25) is 5.91 Å².